The van der Waals surface area contributed by atoms with E-state index in [0.29, 0.717) is 13.2 Å². The van der Waals surface area contributed by atoms with Crippen molar-refractivity contribution in [3.05, 3.63) is 45.8 Å². The van der Waals surface area contributed by atoms with E-state index in [2.05, 4.69) is 36.0 Å². The lowest BCUT2D eigenvalue weighted by molar-refractivity contribution is 0.146. The first kappa shape index (κ1) is 12.6. The molecule has 0 aromatic heterocycles. The van der Waals surface area contributed by atoms with E-state index in [1.807, 2.05) is 12.1 Å². The first-order valence-corrected chi connectivity index (χ1v) is 5.19. The zero-order valence-electron chi connectivity index (χ0n) is 9.97. The molecule has 0 aliphatic carbocycles. The second kappa shape index (κ2) is 5.54. The van der Waals surface area contributed by atoms with Crippen LogP contribution in [0.1, 0.15) is 25.0 Å². The van der Waals surface area contributed by atoms with E-state index in [1.165, 1.54) is 5.56 Å². The molecule has 0 unspecified atom stereocenters. The lowest BCUT2D eigenvalue weighted by Gasteiger charge is -2.24. The molecule has 1 aromatic rings. The van der Waals surface area contributed by atoms with Crippen molar-refractivity contribution in [3.8, 4) is 0 Å². The minimum Gasteiger partial charge on any atom is -0.384 e. The zero-order valence-corrected chi connectivity index (χ0v) is 9.97. The first-order valence-electron chi connectivity index (χ1n) is 5.19. The maximum Gasteiger partial charge on any atom is 0.0553 e. The summed E-state index contributed by atoms with van der Waals surface area (Å²) in [6.45, 7) is 5.36. The summed E-state index contributed by atoms with van der Waals surface area (Å²) in [5, 5.41) is 3.53. The maximum atomic E-state index is 8.22. The molecular weight excluding hydrogens is 202 g/mol. The van der Waals surface area contributed by atoms with E-state index in [9.17, 15) is 0 Å². The van der Waals surface area contributed by atoms with Gasteiger partial charge in [-0.25, -0.2) is 0 Å². The van der Waals surface area contributed by atoms with Crippen molar-refractivity contribution in [3.63, 3.8) is 0 Å². The molecule has 0 amide bonds. The summed E-state index contributed by atoms with van der Waals surface area (Å²) in [6.07, 6.45) is 0. The number of hydrogen-bond donors (Lipinski definition) is 0. The summed E-state index contributed by atoms with van der Waals surface area (Å²) >= 11 is 0. The van der Waals surface area contributed by atoms with Crippen molar-refractivity contribution in [2.24, 2.45) is 5.11 Å². The maximum absolute atomic E-state index is 8.22. The van der Waals surface area contributed by atoms with Gasteiger partial charge in [-0.15, -0.1) is 0 Å². The SMILES string of the molecule is COCC(C)(C)c1ccc(CN=[N+]=[N-])cc1. The molecular formula is C12H17N3O. The number of ether oxygens (including phenoxy) is 1. The quantitative estimate of drug-likeness (QED) is 0.425. The van der Waals surface area contributed by atoms with Gasteiger partial charge in [-0.3, -0.25) is 0 Å². The third-order valence-corrected chi connectivity index (χ3v) is 2.56. The Labute approximate surface area is 95.9 Å². The monoisotopic (exact) mass is 219 g/mol. The van der Waals surface area contributed by atoms with Crippen LogP contribution in [0.4, 0.5) is 0 Å². The second-order valence-corrected chi connectivity index (χ2v) is 4.40. The minimum absolute atomic E-state index is 0.00573. The lowest BCUT2D eigenvalue weighted by Crippen LogP contribution is -2.23. The highest BCUT2D eigenvalue weighted by Crippen LogP contribution is 2.23. The number of rotatable bonds is 5. The van der Waals surface area contributed by atoms with Crippen LogP contribution in [0.2, 0.25) is 0 Å². The average Bonchev–Trinajstić information content (AvgIpc) is 2.27. The molecule has 1 rings (SSSR count). The van der Waals surface area contributed by atoms with Gasteiger partial charge in [0.15, 0.2) is 0 Å². The number of nitrogens with zero attached hydrogens (tertiary/aromatic N) is 3. The number of hydrogen-bond acceptors (Lipinski definition) is 2. The molecule has 0 N–H and O–H groups in total. The molecule has 4 heteroatoms. The van der Waals surface area contributed by atoms with E-state index in [0.717, 1.165) is 5.56 Å². The van der Waals surface area contributed by atoms with Crippen LogP contribution in [-0.4, -0.2) is 13.7 Å². The summed E-state index contributed by atoms with van der Waals surface area (Å²) < 4.78 is 5.19. The molecule has 0 aliphatic heterocycles. The van der Waals surface area contributed by atoms with Gasteiger partial charge >= 0.3 is 0 Å². The van der Waals surface area contributed by atoms with Crippen LogP contribution < -0.4 is 0 Å². The predicted octanol–water partition coefficient (Wildman–Crippen LogP) is 3.42. The standard InChI is InChI=1S/C12H17N3O/c1-12(2,9-16-3)11-6-4-10(5-7-11)8-14-15-13/h4-7H,8-9H2,1-3H3. The van der Waals surface area contributed by atoms with E-state index in [-0.39, 0.29) is 5.41 Å². The molecule has 4 nitrogen and oxygen atoms in total. The van der Waals surface area contributed by atoms with Crippen molar-refractivity contribution in [1.29, 1.82) is 0 Å². The molecule has 0 fully saturated rings. The second-order valence-electron chi connectivity index (χ2n) is 4.40. The molecule has 0 radical (unpaired) electrons. The number of benzene rings is 1. The zero-order chi connectivity index (χ0) is 12.0. The Hall–Kier alpha value is -1.51. The Kier molecular flexibility index (Phi) is 4.35. The van der Waals surface area contributed by atoms with Gasteiger partial charge in [-0.2, -0.15) is 0 Å². The van der Waals surface area contributed by atoms with Gasteiger partial charge in [0.1, 0.15) is 0 Å². The Morgan fingerprint density at radius 2 is 1.94 bits per heavy atom. The van der Waals surface area contributed by atoms with E-state index in [4.69, 9.17) is 10.3 Å². The number of methoxy groups -OCH3 is 1. The minimum atomic E-state index is 0.00573. The Morgan fingerprint density at radius 3 is 2.44 bits per heavy atom. The summed E-state index contributed by atoms with van der Waals surface area (Å²) in [6, 6.07) is 8.09. The average molecular weight is 219 g/mol. The smallest absolute Gasteiger partial charge is 0.0553 e. The highest BCUT2D eigenvalue weighted by atomic mass is 16.5. The van der Waals surface area contributed by atoms with Gasteiger partial charge in [0.05, 0.1) is 13.2 Å². The predicted molar refractivity (Wildman–Crippen MR) is 64.2 cm³/mol. The Bertz CT molecular complexity index is 378. The fourth-order valence-electron chi connectivity index (χ4n) is 1.62. The van der Waals surface area contributed by atoms with Crippen molar-refractivity contribution in [2.45, 2.75) is 25.8 Å². The summed E-state index contributed by atoms with van der Waals surface area (Å²) in [7, 11) is 1.71. The fourth-order valence-corrected chi connectivity index (χ4v) is 1.62. The lowest BCUT2D eigenvalue weighted by atomic mass is 9.85. The molecule has 0 aliphatic rings. The molecule has 0 atom stereocenters. The van der Waals surface area contributed by atoms with Crippen LogP contribution in [0.3, 0.4) is 0 Å². The van der Waals surface area contributed by atoms with Gasteiger partial charge < -0.3 is 4.74 Å². The van der Waals surface area contributed by atoms with Crippen LogP contribution >= 0.6 is 0 Å². The van der Waals surface area contributed by atoms with Crippen molar-refractivity contribution >= 4 is 0 Å². The molecule has 0 heterocycles. The summed E-state index contributed by atoms with van der Waals surface area (Å²) in [5.74, 6) is 0. The summed E-state index contributed by atoms with van der Waals surface area (Å²) in [5.41, 5.74) is 10.5. The van der Waals surface area contributed by atoms with Crippen LogP contribution in [0.25, 0.3) is 10.4 Å². The Balaban J connectivity index is 2.81. The van der Waals surface area contributed by atoms with E-state index in [1.54, 1.807) is 7.11 Å². The molecule has 0 saturated heterocycles. The third kappa shape index (κ3) is 3.26. The van der Waals surface area contributed by atoms with E-state index >= 15 is 0 Å². The molecule has 0 bridgehead atoms. The van der Waals surface area contributed by atoms with Crippen molar-refractivity contribution in [1.82, 2.24) is 0 Å². The number of azide groups is 1. The topological polar surface area (TPSA) is 58.0 Å². The van der Waals surface area contributed by atoms with Gasteiger partial charge in [-0.1, -0.05) is 43.2 Å². The van der Waals surface area contributed by atoms with Crippen LogP contribution in [0.15, 0.2) is 29.4 Å². The van der Waals surface area contributed by atoms with Gasteiger partial charge in [0, 0.05) is 17.4 Å². The van der Waals surface area contributed by atoms with Gasteiger partial charge in [-0.05, 0) is 16.7 Å². The largest absolute Gasteiger partial charge is 0.384 e. The normalized spacial score (nSPS) is 10.9. The van der Waals surface area contributed by atoms with Crippen molar-refractivity contribution in [2.75, 3.05) is 13.7 Å². The molecule has 1 aromatic carbocycles. The third-order valence-electron chi connectivity index (χ3n) is 2.56. The van der Waals surface area contributed by atoms with Gasteiger partial charge in [0.2, 0.25) is 0 Å². The first-order chi connectivity index (χ1) is 7.60. The highest BCUT2D eigenvalue weighted by Gasteiger charge is 2.19. The van der Waals surface area contributed by atoms with E-state index < -0.39 is 0 Å². The molecule has 0 saturated carbocycles. The molecule has 86 valence electrons. The molecule has 16 heavy (non-hydrogen) atoms. The van der Waals surface area contributed by atoms with Crippen LogP contribution in [0, 0.1) is 0 Å². The summed E-state index contributed by atoms with van der Waals surface area (Å²) in [4.78, 5) is 2.74. The van der Waals surface area contributed by atoms with Crippen molar-refractivity contribution < 1.29 is 4.74 Å². The Morgan fingerprint density at radius 1 is 1.31 bits per heavy atom. The highest BCUT2D eigenvalue weighted by molar-refractivity contribution is 5.28. The van der Waals surface area contributed by atoms with Crippen LogP contribution in [-0.2, 0) is 16.7 Å². The van der Waals surface area contributed by atoms with Crippen LogP contribution in [0.5, 0.6) is 0 Å². The van der Waals surface area contributed by atoms with Gasteiger partial charge in [0.25, 0.3) is 0 Å². The fraction of sp³-hybridized carbons (Fsp3) is 0.500. The molecule has 0 spiro atoms.